The monoisotopic (exact) mass is 221 g/mol. The Balaban J connectivity index is 3.24. The van der Waals surface area contributed by atoms with Gasteiger partial charge in [0.1, 0.15) is 0 Å². The van der Waals surface area contributed by atoms with Crippen LogP contribution in [0.25, 0.3) is 10.4 Å². The zero-order valence-corrected chi connectivity index (χ0v) is 7.99. The standard InChI is InChI=1S/C9H7N3O4/c10-12-11-6-2-1-5(3-8(13)14)7(4-6)9(15)16/h1-2,4H,3H2,(H,13,14)(H,15,16). The zero-order chi connectivity index (χ0) is 12.1. The van der Waals surface area contributed by atoms with E-state index in [0.29, 0.717) is 0 Å². The van der Waals surface area contributed by atoms with E-state index in [4.69, 9.17) is 15.7 Å². The topological polar surface area (TPSA) is 123 Å². The van der Waals surface area contributed by atoms with Crippen LogP contribution in [0, 0.1) is 0 Å². The molecule has 1 rings (SSSR count). The molecule has 0 atom stereocenters. The molecule has 0 radical (unpaired) electrons. The van der Waals surface area contributed by atoms with Gasteiger partial charge < -0.3 is 10.2 Å². The van der Waals surface area contributed by atoms with E-state index < -0.39 is 18.4 Å². The van der Waals surface area contributed by atoms with Crippen LogP contribution in [0.1, 0.15) is 15.9 Å². The largest absolute Gasteiger partial charge is 0.481 e. The Bertz CT molecular complexity index is 492. The molecule has 0 heterocycles. The number of aromatic carboxylic acids is 1. The van der Waals surface area contributed by atoms with Crippen LogP contribution in [0.5, 0.6) is 0 Å². The molecule has 0 aliphatic carbocycles. The highest BCUT2D eigenvalue weighted by molar-refractivity contribution is 5.91. The van der Waals surface area contributed by atoms with Crippen molar-refractivity contribution >= 4 is 17.6 Å². The van der Waals surface area contributed by atoms with Crippen LogP contribution in [-0.2, 0) is 11.2 Å². The van der Waals surface area contributed by atoms with Crippen molar-refractivity contribution in [1.29, 1.82) is 0 Å². The summed E-state index contributed by atoms with van der Waals surface area (Å²) in [5.74, 6) is -2.38. The summed E-state index contributed by atoms with van der Waals surface area (Å²) < 4.78 is 0. The minimum Gasteiger partial charge on any atom is -0.481 e. The zero-order valence-electron chi connectivity index (χ0n) is 7.99. The van der Waals surface area contributed by atoms with E-state index in [1.165, 1.54) is 12.1 Å². The fourth-order valence-electron chi connectivity index (χ4n) is 1.19. The first-order valence-electron chi connectivity index (χ1n) is 4.17. The number of aliphatic carboxylic acids is 1. The molecule has 1 aromatic rings. The highest BCUT2D eigenvalue weighted by Gasteiger charge is 2.12. The van der Waals surface area contributed by atoms with E-state index in [1.807, 2.05) is 0 Å². The lowest BCUT2D eigenvalue weighted by atomic mass is 10.0. The van der Waals surface area contributed by atoms with Crippen LogP contribution in [0.3, 0.4) is 0 Å². The van der Waals surface area contributed by atoms with E-state index >= 15 is 0 Å². The van der Waals surface area contributed by atoms with Crippen LogP contribution in [0.15, 0.2) is 23.3 Å². The number of hydrogen-bond acceptors (Lipinski definition) is 3. The van der Waals surface area contributed by atoms with Gasteiger partial charge in [-0.25, -0.2) is 4.79 Å². The summed E-state index contributed by atoms with van der Waals surface area (Å²) in [6.45, 7) is 0. The van der Waals surface area contributed by atoms with Crippen molar-refractivity contribution in [2.45, 2.75) is 6.42 Å². The maximum atomic E-state index is 10.8. The van der Waals surface area contributed by atoms with Gasteiger partial charge in [-0.2, -0.15) is 0 Å². The van der Waals surface area contributed by atoms with Crippen LogP contribution in [0.4, 0.5) is 5.69 Å². The molecule has 7 heteroatoms. The third-order valence-electron chi connectivity index (χ3n) is 1.83. The summed E-state index contributed by atoms with van der Waals surface area (Å²) in [7, 11) is 0. The first-order valence-corrected chi connectivity index (χ1v) is 4.17. The summed E-state index contributed by atoms with van der Waals surface area (Å²) in [4.78, 5) is 23.8. The smallest absolute Gasteiger partial charge is 0.335 e. The summed E-state index contributed by atoms with van der Waals surface area (Å²) in [5.41, 5.74) is 8.30. The van der Waals surface area contributed by atoms with Gasteiger partial charge in [0.15, 0.2) is 0 Å². The molecule has 0 aliphatic heterocycles. The fourth-order valence-corrected chi connectivity index (χ4v) is 1.19. The molecular formula is C9H7N3O4. The second-order valence-corrected chi connectivity index (χ2v) is 2.91. The summed E-state index contributed by atoms with van der Waals surface area (Å²) in [6.07, 6.45) is -0.391. The van der Waals surface area contributed by atoms with Crippen molar-refractivity contribution in [3.05, 3.63) is 39.8 Å². The Morgan fingerprint density at radius 1 is 1.38 bits per heavy atom. The Labute approximate surface area is 89.6 Å². The molecule has 82 valence electrons. The Morgan fingerprint density at radius 2 is 2.06 bits per heavy atom. The molecule has 2 N–H and O–H groups in total. The van der Waals surface area contributed by atoms with Gasteiger partial charge >= 0.3 is 11.9 Å². The minimum atomic E-state index is -1.26. The number of benzene rings is 1. The summed E-state index contributed by atoms with van der Waals surface area (Å²) >= 11 is 0. The third-order valence-corrected chi connectivity index (χ3v) is 1.83. The number of nitrogens with zero attached hydrogens (tertiary/aromatic N) is 3. The Hall–Kier alpha value is -2.53. The van der Waals surface area contributed by atoms with E-state index in [-0.39, 0.29) is 16.8 Å². The van der Waals surface area contributed by atoms with Crippen molar-refractivity contribution < 1.29 is 19.8 Å². The lowest BCUT2D eigenvalue weighted by Gasteiger charge is -2.03. The van der Waals surface area contributed by atoms with Crippen LogP contribution < -0.4 is 0 Å². The molecule has 16 heavy (non-hydrogen) atoms. The number of carboxylic acid groups (broad SMARTS) is 2. The van der Waals surface area contributed by atoms with Crippen molar-refractivity contribution in [3.63, 3.8) is 0 Å². The lowest BCUT2D eigenvalue weighted by molar-refractivity contribution is -0.136. The van der Waals surface area contributed by atoms with Crippen molar-refractivity contribution in [2.24, 2.45) is 5.11 Å². The highest BCUT2D eigenvalue weighted by atomic mass is 16.4. The average molecular weight is 221 g/mol. The first kappa shape index (κ1) is 11.5. The fraction of sp³-hybridized carbons (Fsp3) is 0.111. The summed E-state index contributed by atoms with van der Waals surface area (Å²) in [5, 5.41) is 20.7. The third kappa shape index (κ3) is 2.73. The van der Waals surface area contributed by atoms with Crippen molar-refractivity contribution in [1.82, 2.24) is 0 Å². The van der Waals surface area contributed by atoms with Gasteiger partial charge in [0.2, 0.25) is 0 Å². The molecule has 0 saturated heterocycles. The lowest BCUT2D eigenvalue weighted by Crippen LogP contribution is -2.07. The molecule has 0 amide bonds. The van der Waals surface area contributed by atoms with E-state index in [2.05, 4.69) is 10.0 Å². The molecule has 1 aromatic carbocycles. The number of hydrogen-bond donors (Lipinski definition) is 2. The van der Waals surface area contributed by atoms with Gasteiger partial charge in [0.25, 0.3) is 0 Å². The minimum absolute atomic E-state index is 0.133. The van der Waals surface area contributed by atoms with Crippen molar-refractivity contribution in [2.75, 3.05) is 0 Å². The number of carboxylic acids is 2. The number of azide groups is 1. The van der Waals surface area contributed by atoms with Gasteiger partial charge in [-0.15, -0.1) is 0 Å². The molecule has 0 aliphatic rings. The Kier molecular flexibility index (Phi) is 3.47. The van der Waals surface area contributed by atoms with Crippen LogP contribution in [-0.4, -0.2) is 22.2 Å². The normalized spacial score (nSPS) is 9.25. The summed E-state index contributed by atoms with van der Waals surface area (Å²) in [6, 6.07) is 3.83. The molecule has 0 aromatic heterocycles. The first-order chi connectivity index (χ1) is 7.54. The SMILES string of the molecule is [N-]=[N+]=Nc1ccc(CC(=O)O)c(C(=O)O)c1. The maximum Gasteiger partial charge on any atom is 0.335 e. The second kappa shape index (κ2) is 4.81. The van der Waals surface area contributed by atoms with Crippen molar-refractivity contribution in [3.8, 4) is 0 Å². The molecule has 0 spiro atoms. The second-order valence-electron chi connectivity index (χ2n) is 2.91. The highest BCUT2D eigenvalue weighted by Crippen LogP contribution is 2.19. The van der Waals surface area contributed by atoms with Crippen LogP contribution >= 0.6 is 0 Å². The maximum absolute atomic E-state index is 10.8. The van der Waals surface area contributed by atoms with Gasteiger partial charge in [0, 0.05) is 10.6 Å². The predicted octanol–water partition coefficient (Wildman–Crippen LogP) is 1.95. The molecule has 0 saturated carbocycles. The molecule has 0 bridgehead atoms. The quantitative estimate of drug-likeness (QED) is 0.458. The van der Waals surface area contributed by atoms with Gasteiger partial charge in [-0.05, 0) is 17.2 Å². The van der Waals surface area contributed by atoms with Gasteiger partial charge in [-0.1, -0.05) is 17.2 Å². The number of rotatable bonds is 4. The predicted molar refractivity (Wildman–Crippen MR) is 53.5 cm³/mol. The molecule has 0 fully saturated rings. The molecule has 7 nitrogen and oxygen atoms in total. The Morgan fingerprint density at radius 3 is 2.56 bits per heavy atom. The van der Waals surface area contributed by atoms with E-state index in [9.17, 15) is 9.59 Å². The van der Waals surface area contributed by atoms with E-state index in [1.54, 1.807) is 0 Å². The van der Waals surface area contributed by atoms with Gasteiger partial charge in [0.05, 0.1) is 12.0 Å². The van der Waals surface area contributed by atoms with E-state index in [0.717, 1.165) is 6.07 Å². The van der Waals surface area contributed by atoms with Gasteiger partial charge in [-0.3, -0.25) is 4.79 Å². The average Bonchev–Trinajstić information content (AvgIpc) is 2.19. The molecule has 0 unspecified atom stereocenters. The molecular weight excluding hydrogens is 214 g/mol. The van der Waals surface area contributed by atoms with Crippen LogP contribution in [0.2, 0.25) is 0 Å². The number of carbonyl (C=O) groups is 2.